The van der Waals surface area contributed by atoms with Gasteiger partial charge in [0.2, 0.25) is 0 Å². The molecule has 0 aliphatic rings. The third-order valence-corrected chi connectivity index (χ3v) is 3.96. The van der Waals surface area contributed by atoms with E-state index in [0.29, 0.717) is 11.3 Å². The summed E-state index contributed by atoms with van der Waals surface area (Å²) in [5, 5.41) is 8.65. The van der Waals surface area contributed by atoms with Crippen molar-refractivity contribution in [3.63, 3.8) is 0 Å². The summed E-state index contributed by atoms with van der Waals surface area (Å²) in [6.45, 7) is 0. The maximum absolute atomic E-state index is 13.7. The number of hydrogen-bond donors (Lipinski definition) is 0. The summed E-state index contributed by atoms with van der Waals surface area (Å²) in [6.07, 6.45) is 0. The number of hydrogen-bond acceptors (Lipinski definition) is 2. The van der Waals surface area contributed by atoms with Crippen LogP contribution in [0.4, 0.5) is 4.39 Å². The molecule has 96 valence electrons. The second kappa shape index (κ2) is 6.26. The van der Waals surface area contributed by atoms with E-state index >= 15 is 0 Å². The first-order valence-corrected chi connectivity index (χ1v) is 7.25. The minimum Gasteiger partial charge on any atom is -0.259 e. The quantitative estimate of drug-likeness (QED) is 0.858. The van der Waals surface area contributed by atoms with Gasteiger partial charge in [0.1, 0.15) is 5.82 Å². The molecule has 0 aliphatic carbocycles. The molecule has 0 saturated heterocycles. The van der Waals surface area contributed by atoms with Gasteiger partial charge in [0.05, 0.1) is 17.4 Å². The van der Waals surface area contributed by atoms with Crippen LogP contribution in [0.5, 0.6) is 0 Å². The lowest BCUT2D eigenvalue weighted by Crippen LogP contribution is -2.01. The lowest BCUT2D eigenvalue weighted by molar-refractivity contribution is 0.614. The van der Waals surface area contributed by atoms with Crippen molar-refractivity contribution in [2.45, 2.75) is 11.5 Å². The average molecular weight is 273 g/mol. The highest BCUT2D eigenvalue weighted by Crippen LogP contribution is 2.14. The van der Waals surface area contributed by atoms with Crippen LogP contribution in [0.2, 0.25) is 0 Å². The van der Waals surface area contributed by atoms with E-state index in [1.807, 2.05) is 36.4 Å². The molecule has 0 radical (unpaired) electrons. The average Bonchev–Trinajstić information content (AvgIpc) is 2.42. The molecule has 2 nitrogen and oxygen atoms in total. The molecule has 1 unspecified atom stereocenters. The Bertz CT molecular complexity index is 634. The van der Waals surface area contributed by atoms with E-state index in [9.17, 15) is 8.60 Å². The molecule has 0 bridgehead atoms. The predicted molar refractivity (Wildman–Crippen MR) is 73.1 cm³/mol. The molecule has 19 heavy (non-hydrogen) atoms. The maximum atomic E-state index is 13.7. The van der Waals surface area contributed by atoms with E-state index < -0.39 is 16.6 Å². The standard InChI is InChI=1S/C15H12FNOS/c16-15-8-13(9-17)6-7-14(15)11-19(18)10-12-4-2-1-3-5-12/h1-8H,10-11H2. The van der Waals surface area contributed by atoms with Crippen LogP contribution < -0.4 is 0 Å². The summed E-state index contributed by atoms with van der Waals surface area (Å²) in [6, 6.07) is 15.6. The Morgan fingerprint density at radius 3 is 2.47 bits per heavy atom. The van der Waals surface area contributed by atoms with Crippen molar-refractivity contribution in [2.24, 2.45) is 0 Å². The molecule has 4 heteroatoms. The van der Waals surface area contributed by atoms with Crippen LogP contribution in [0.3, 0.4) is 0 Å². The van der Waals surface area contributed by atoms with Gasteiger partial charge in [0, 0.05) is 22.1 Å². The van der Waals surface area contributed by atoms with Crippen LogP contribution >= 0.6 is 0 Å². The molecule has 1 atom stereocenters. The monoisotopic (exact) mass is 273 g/mol. The van der Waals surface area contributed by atoms with Gasteiger partial charge >= 0.3 is 0 Å². The zero-order chi connectivity index (χ0) is 13.7. The Morgan fingerprint density at radius 1 is 1.11 bits per heavy atom. The lowest BCUT2D eigenvalue weighted by Gasteiger charge is -2.04. The topological polar surface area (TPSA) is 40.9 Å². The van der Waals surface area contributed by atoms with Gasteiger partial charge in [0.15, 0.2) is 0 Å². The molecule has 0 amide bonds. The minimum absolute atomic E-state index is 0.159. The first-order valence-electron chi connectivity index (χ1n) is 5.76. The van der Waals surface area contributed by atoms with Gasteiger partial charge in [-0.2, -0.15) is 5.26 Å². The molecule has 2 aromatic carbocycles. The van der Waals surface area contributed by atoms with E-state index in [1.165, 1.54) is 18.2 Å². The number of benzene rings is 2. The molecular formula is C15H12FNOS. The second-order valence-electron chi connectivity index (χ2n) is 4.13. The molecule has 0 fully saturated rings. The van der Waals surface area contributed by atoms with E-state index in [1.54, 1.807) is 0 Å². The zero-order valence-electron chi connectivity index (χ0n) is 10.2. The lowest BCUT2D eigenvalue weighted by atomic mass is 10.1. The summed E-state index contributed by atoms with van der Waals surface area (Å²) >= 11 is 0. The third-order valence-electron chi connectivity index (χ3n) is 2.67. The summed E-state index contributed by atoms with van der Waals surface area (Å²) in [7, 11) is -1.16. The fourth-order valence-electron chi connectivity index (χ4n) is 1.72. The Hall–Kier alpha value is -1.99. The predicted octanol–water partition coefficient (Wildman–Crippen LogP) is 3.15. The van der Waals surface area contributed by atoms with Crippen LogP contribution in [0, 0.1) is 17.1 Å². The molecule has 0 saturated carbocycles. The van der Waals surface area contributed by atoms with E-state index in [-0.39, 0.29) is 11.3 Å². The normalized spacial score (nSPS) is 11.8. The first kappa shape index (κ1) is 13.4. The van der Waals surface area contributed by atoms with Crippen molar-refractivity contribution in [1.82, 2.24) is 0 Å². The SMILES string of the molecule is N#Cc1ccc(CS(=O)Cc2ccccc2)c(F)c1. The zero-order valence-corrected chi connectivity index (χ0v) is 11.0. The molecule has 2 rings (SSSR count). The number of halogens is 1. The van der Waals surface area contributed by atoms with Crippen LogP contribution in [0.1, 0.15) is 16.7 Å². The van der Waals surface area contributed by atoms with Crippen molar-refractivity contribution < 1.29 is 8.60 Å². The number of nitriles is 1. The smallest absolute Gasteiger partial charge is 0.128 e. The van der Waals surface area contributed by atoms with Gasteiger partial charge < -0.3 is 0 Å². The first-order chi connectivity index (χ1) is 9.19. The molecule has 0 heterocycles. The molecule has 0 N–H and O–H groups in total. The molecule has 0 spiro atoms. The largest absolute Gasteiger partial charge is 0.259 e. The van der Waals surface area contributed by atoms with Crippen molar-refractivity contribution in [1.29, 1.82) is 5.26 Å². The highest BCUT2D eigenvalue weighted by Gasteiger charge is 2.08. The van der Waals surface area contributed by atoms with Gasteiger partial charge in [-0.05, 0) is 17.7 Å². The van der Waals surface area contributed by atoms with Crippen LogP contribution in [0.15, 0.2) is 48.5 Å². The fourth-order valence-corrected chi connectivity index (χ4v) is 2.97. The highest BCUT2D eigenvalue weighted by atomic mass is 32.2. The van der Waals surface area contributed by atoms with Gasteiger partial charge in [-0.25, -0.2) is 4.39 Å². The summed E-state index contributed by atoms with van der Waals surface area (Å²) in [5.41, 5.74) is 1.62. The number of rotatable bonds is 4. The Labute approximate surface area is 114 Å². The van der Waals surface area contributed by atoms with Crippen molar-refractivity contribution in [2.75, 3.05) is 0 Å². The van der Waals surface area contributed by atoms with E-state index in [0.717, 1.165) is 5.56 Å². The maximum Gasteiger partial charge on any atom is 0.128 e. The summed E-state index contributed by atoms with van der Waals surface area (Å²) in [5.74, 6) is 0.0904. The molecular weight excluding hydrogens is 261 g/mol. The highest BCUT2D eigenvalue weighted by molar-refractivity contribution is 7.83. The van der Waals surface area contributed by atoms with Crippen molar-refractivity contribution in [3.05, 3.63) is 71.0 Å². The second-order valence-corrected chi connectivity index (χ2v) is 5.59. The van der Waals surface area contributed by atoms with Gasteiger partial charge in [-0.3, -0.25) is 4.21 Å². The third kappa shape index (κ3) is 3.73. The summed E-state index contributed by atoms with van der Waals surface area (Å²) < 4.78 is 25.6. The Morgan fingerprint density at radius 2 is 1.84 bits per heavy atom. The fraction of sp³-hybridized carbons (Fsp3) is 0.133. The van der Waals surface area contributed by atoms with Crippen molar-refractivity contribution >= 4 is 10.8 Å². The molecule has 0 aliphatic heterocycles. The van der Waals surface area contributed by atoms with E-state index in [4.69, 9.17) is 5.26 Å². The van der Waals surface area contributed by atoms with Crippen molar-refractivity contribution in [3.8, 4) is 6.07 Å². The van der Waals surface area contributed by atoms with E-state index in [2.05, 4.69) is 0 Å². The molecule has 2 aromatic rings. The van der Waals surface area contributed by atoms with Crippen LogP contribution in [0.25, 0.3) is 0 Å². The Kier molecular flexibility index (Phi) is 4.43. The number of nitrogens with zero attached hydrogens (tertiary/aromatic N) is 1. The van der Waals surface area contributed by atoms with Crippen LogP contribution in [-0.2, 0) is 22.3 Å². The van der Waals surface area contributed by atoms with Gasteiger partial charge in [-0.15, -0.1) is 0 Å². The summed E-state index contributed by atoms with van der Waals surface area (Å²) in [4.78, 5) is 0. The van der Waals surface area contributed by atoms with Gasteiger partial charge in [-0.1, -0.05) is 36.4 Å². The minimum atomic E-state index is -1.16. The van der Waals surface area contributed by atoms with Crippen LogP contribution in [-0.4, -0.2) is 4.21 Å². The Balaban J connectivity index is 2.05. The van der Waals surface area contributed by atoms with Gasteiger partial charge in [0.25, 0.3) is 0 Å². The molecule has 0 aromatic heterocycles.